The second kappa shape index (κ2) is 9.49. The second-order valence-corrected chi connectivity index (χ2v) is 8.78. The molecule has 0 spiro atoms. The molecule has 1 heterocycles. The Bertz CT molecular complexity index is 1150. The van der Waals surface area contributed by atoms with Gasteiger partial charge in [0.05, 0.1) is 12.1 Å². The highest BCUT2D eigenvalue weighted by Crippen LogP contribution is 2.28. The van der Waals surface area contributed by atoms with Crippen molar-refractivity contribution in [3.05, 3.63) is 100 Å². The van der Waals surface area contributed by atoms with Crippen LogP contribution in [0.1, 0.15) is 27.9 Å². The summed E-state index contributed by atoms with van der Waals surface area (Å²) in [6, 6.07) is 23.3. The maximum absolute atomic E-state index is 13.5. The lowest BCUT2D eigenvalue weighted by Gasteiger charge is -2.28. The molecule has 3 aromatic rings. The van der Waals surface area contributed by atoms with Crippen LogP contribution in [-0.4, -0.2) is 35.2 Å². The molecule has 3 aromatic carbocycles. The Morgan fingerprint density at radius 3 is 2.41 bits per heavy atom. The third-order valence-corrected chi connectivity index (χ3v) is 6.12. The Balaban J connectivity index is 1.64. The second-order valence-electron chi connectivity index (χ2n) is 7.87. The van der Waals surface area contributed by atoms with Crippen molar-refractivity contribution in [3.8, 4) is 0 Å². The van der Waals surface area contributed by atoms with Crippen molar-refractivity contribution in [1.82, 2.24) is 4.90 Å². The number of nitrogens with zero attached hydrogens (tertiary/aromatic N) is 2. The molecule has 3 amide bonds. The Labute approximate surface area is 195 Å². The number of amides is 3. The van der Waals surface area contributed by atoms with Gasteiger partial charge in [-0.1, -0.05) is 64.0 Å². The van der Waals surface area contributed by atoms with Gasteiger partial charge in [-0.05, 0) is 55.3 Å². The van der Waals surface area contributed by atoms with Crippen LogP contribution >= 0.6 is 15.9 Å². The number of carbonyl (C=O) groups excluding carboxylic acids is 3. The van der Waals surface area contributed by atoms with Crippen molar-refractivity contribution in [2.75, 3.05) is 11.4 Å². The fourth-order valence-electron chi connectivity index (χ4n) is 3.96. The molecule has 4 rings (SSSR count). The molecule has 162 valence electrons. The van der Waals surface area contributed by atoms with Crippen molar-refractivity contribution in [1.29, 1.82) is 0 Å². The number of halogens is 1. The molecule has 5 nitrogen and oxygen atoms in total. The van der Waals surface area contributed by atoms with E-state index in [-0.39, 0.29) is 24.1 Å². The SMILES string of the molecule is Cc1cccc(C(=O)N(CCc2ccccc2)C2CC(=O)N(c3ccc(Br)cc3)C2=O)c1. The van der Waals surface area contributed by atoms with Crippen LogP contribution in [0.15, 0.2) is 83.3 Å². The summed E-state index contributed by atoms with van der Waals surface area (Å²) >= 11 is 3.37. The van der Waals surface area contributed by atoms with Gasteiger partial charge in [-0.15, -0.1) is 0 Å². The molecule has 1 aliphatic rings. The summed E-state index contributed by atoms with van der Waals surface area (Å²) in [4.78, 5) is 42.4. The van der Waals surface area contributed by atoms with Crippen LogP contribution in [-0.2, 0) is 16.0 Å². The maximum atomic E-state index is 13.5. The predicted molar refractivity (Wildman–Crippen MR) is 127 cm³/mol. The van der Waals surface area contributed by atoms with Gasteiger partial charge in [0.2, 0.25) is 5.91 Å². The Kier molecular flexibility index (Phi) is 6.51. The number of benzene rings is 3. The largest absolute Gasteiger partial charge is 0.326 e. The molecule has 1 atom stereocenters. The third-order valence-electron chi connectivity index (χ3n) is 5.59. The normalized spacial score (nSPS) is 15.8. The van der Waals surface area contributed by atoms with Gasteiger partial charge >= 0.3 is 0 Å². The minimum absolute atomic E-state index is 0.0265. The van der Waals surface area contributed by atoms with E-state index in [2.05, 4.69) is 15.9 Å². The first-order valence-corrected chi connectivity index (χ1v) is 11.3. The number of imide groups is 1. The molecule has 1 aliphatic heterocycles. The highest BCUT2D eigenvalue weighted by Gasteiger charge is 2.44. The van der Waals surface area contributed by atoms with Crippen LogP contribution in [0.5, 0.6) is 0 Å². The van der Waals surface area contributed by atoms with Crippen LogP contribution in [0, 0.1) is 6.92 Å². The molecular weight excluding hydrogens is 468 g/mol. The van der Waals surface area contributed by atoms with E-state index in [1.807, 2.05) is 55.5 Å². The lowest BCUT2D eigenvalue weighted by atomic mass is 10.1. The first kappa shape index (κ1) is 22.0. The Morgan fingerprint density at radius 2 is 1.72 bits per heavy atom. The number of anilines is 1. The average molecular weight is 491 g/mol. The molecule has 0 aromatic heterocycles. The van der Waals surface area contributed by atoms with E-state index in [4.69, 9.17) is 0 Å². The van der Waals surface area contributed by atoms with Crippen LogP contribution < -0.4 is 4.90 Å². The number of carbonyl (C=O) groups is 3. The van der Waals surface area contributed by atoms with Gasteiger partial charge in [0.25, 0.3) is 11.8 Å². The Hall–Kier alpha value is -3.25. The minimum Gasteiger partial charge on any atom is -0.326 e. The zero-order valence-electron chi connectivity index (χ0n) is 17.7. The molecule has 6 heteroatoms. The van der Waals surface area contributed by atoms with Crippen LogP contribution in [0.25, 0.3) is 0 Å². The minimum atomic E-state index is -0.831. The summed E-state index contributed by atoms with van der Waals surface area (Å²) < 4.78 is 0.857. The van der Waals surface area contributed by atoms with E-state index in [9.17, 15) is 14.4 Å². The van der Waals surface area contributed by atoms with Gasteiger partial charge in [-0.25, -0.2) is 4.90 Å². The lowest BCUT2D eigenvalue weighted by molar-refractivity contribution is -0.122. The lowest BCUT2D eigenvalue weighted by Crippen LogP contribution is -2.46. The number of hydrogen-bond acceptors (Lipinski definition) is 3. The molecule has 0 aliphatic carbocycles. The average Bonchev–Trinajstić information content (AvgIpc) is 3.09. The van der Waals surface area contributed by atoms with Gasteiger partial charge in [0.15, 0.2) is 0 Å². The number of hydrogen-bond donors (Lipinski definition) is 0. The molecule has 0 N–H and O–H groups in total. The summed E-state index contributed by atoms with van der Waals surface area (Å²) in [5, 5.41) is 0. The predicted octanol–water partition coefficient (Wildman–Crippen LogP) is 4.77. The summed E-state index contributed by atoms with van der Waals surface area (Å²) in [6.45, 7) is 2.26. The maximum Gasteiger partial charge on any atom is 0.257 e. The summed E-state index contributed by atoms with van der Waals surface area (Å²) in [5.74, 6) is -0.913. The molecule has 0 radical (unpaired) electrons. The first-order chi connectivity index (χ1) is 15.4. The zero-order valence-corrected chi connectivity index (χ0v) is 19.3. The van der Waals surface area contributed by atoms with Crippen LogP contribution in [0.4, 0.5) is 5.69 Å². The van der Waals surface area contributed by atoms with Gasteiger partial charge in [-0.3, -0.25) is 14.4 Å². The summed E-state index contributed by atoms with van der Waals surface area (Å²) in [6.07, 6.45) is 0.565. The molecule has 0 bridgehead atoms. The monoisotopic (exact) mass is 490 g/mol. The molecule has 0 saturated carbocycles. The molecular formula is C26H23BrN2O3. The van der Waals surface area contributed by atoms with Gasteiger partial charge in [0, 0.05) is 16.6 Å². The molecule has 1 unspecified atom stereocenters. The van der Waals surface area contributed by atoms with Crippen LogP contribution in [0.3, 0.4) is 0 Å². The fraction of sp³-hybridized carbons (Fsp3) is 0.192. The zero-order chi connectivity index (χ0) is 22.7. The van der Waals surface area contributed by atoms with Gasteiger partial charge in [-0.2, -0.15) is 0 Å². The van der Waals surface area contributed by atoms with E-state index in [0.29, 0.717) is 24.2 Å². The molecule has 1 fully saturated rings. The standard InChI is InChI=1S/C26H23BrN2O3/c1-18-6-5-9-20(16-18)25(31)28(15-14-19-7-3-2-4-8-19)23-17-24(30)29(26(23)32)22-12-10-21(27)11-13-22/h2-13,16,23H,14-15,17H2,1H3. The van der Waals surface area contributed by atoms with Crippen molar-refractivity contribution in [3.63, 3.8) is 0 Å². The smallest absolute Gasteiger partial charge is 0.257 e. The molecule has 1 saturated heterocycles. The van der Waals surface area contributed by atoms with E-state index in [1.54, 1.807) is 35.2 Å². The highest BCUT2D eigenvalue weighted by molar-refractivity contribution is 9.10. The van der Waals surface area contributed by atoms with E-state index >= 15 is 0 Å². The highest BCUT2D eigenvalue weighted by atomic mass is 79.9. The fourth-order valence-corrected chi connectivity index (χ4v) is 4.22. The van der Waals surface area contributed by atoms with Gasteiger partial charge < -0.3 is 4.90 Å². The molecule has 32 heavy (non-hydrogen) atoms. The summed E-state index contributed by atoms with van der Waals surface area (Å²) in [7, 11) is 0. The van der Waals surface area contributed by atoms with Crippen LogP contribution in [0.2, 0.25) is 0 Å². The van der Waals surface area contributed by atoms with E-state index < -0.39 is 6.04 Å². The third kappa shape index (κ3) is 4.65. The van der Waals surface area contributed by atoms with E-state index in [0.717, 1.165) is 15.6 Å². The van der Waals surface area contributed by atoms with Crippen molar-refractivity contribution in [2.24, 2.45) is 0 Å². The Morgan fingerprint density at radius 1 is 1.00 bits per heavy atom. The number of aryl methyl sites for hydroxylation is 1. The van der Waals surface area contributed by atoms with Crippen molar-refractivity contribution >= 4 is 39.3 Å². The van der Waals surface area contributed by atoms with E-state index in [1.165, 1.54) is 4.90 Å². The van der Waals surface area contributed by atoms with Crippen molar-refractivity contribution in [2.45, 2.75) is 25.8 Å². The number of rotatable bonds is 6. The topological polar surface area (TPSA) is 57.7 Å². The first-order valence-electron chi connectivity index (χ1n) is 10.5. The van der Waals surface area contributed by atoms with Gasteiger partial charge in [0.1, 0.15) is 6.04 Å². The van der Waals surface area contributed by atoms with Crippen molar-refractivity contribution < 1.29 is 14.4 Å². The summed E-state index contributed by atoms with van der Waals surface area (Å²) in [5.41, 5.74) is 3.05. The quantitative estimate of drug-likeness (QED) is 0.467.